The highest BCUT2D eigenvalue weighted by molar-refractivity contribution is 5.53. The van der Waals surface area contributed by atoms with Crippen LogP contribution >= 0.6 is 0 Å². The van der Waals surface area contributed by atoms with Gasteiger partial charge >= 0.3 is 0 Å². The van der Waals surface area contributed by atoms with Crippen molar-refractivity contribution >= 4 is 5.52 Å². The molecule has 0 aliphatic carbocycles. The lowest BCUT2D eigenvalue weighted by atomic mass is 9.75. The molecule has 0 saturated carbocycles. The number of hydrogen-bond donors (Lipinski definition) is 0. The zero-order chi connectivity index (χ0) is 18.7. The summed E-state index contributed by atoms with van der Waals surface area (Å²) in [4.78, 5) is 10.5. The van der Waals surface area contributed by atoms with Crippen molar-refractivity contribution in [1.82, 2.24) is 19.2 Å². The SMILES string of the molecule is Cc1nc(CN2C[C@H](c3ccccc3)[C@@H]3[C@H]2C2CCN3CC2)c2ccccn12. The first-order valence-corrected chi connectivity index (χ1v) is 10.8. The number of nitrogens with zero attached hydrogens (tertiary/aromatic N) is 4. The Bertz CT molecular complexity index is 986. The summed E-state index contributed by atoms with van der Waals surface area (Å²) in [6.45, 7) is 6.81. The number of hydrogen-bond acceptors (Lipinski definition) is 3. The molecule has 4 nitrogen and oxygen atoms in total. The number of pyridine rings is 1. The van der Waals surface area contributed by atoms with E-state index in [0.29, 0.717) is 18.0 Å². The van der Waals surface area contributed by atoms with E-state index in [1.165, 1.54) is 42.7 Å². The van der Waals surface area contributed by atoms with E-state index < -0.39 is 0 Å². The normalized spacial score (nSPS) is 32.1. The third kappa shape index (κ3) is 2.48. The van der Waals surface area contributed by atoms with Crippen LogP contribution in [0.4, 0.5) is 0 Å². The Kier molecular flexibility index (Phi) is 3.85. The van der Waals surface area contributed by atoms with Crippen LogP contribution in [0.1, 0.15) is 35.8 Å². The van der Waals surface area contributed by atoms with Crippen LogP contribution < -0.4 is 0 Å². The highest BCUT2D eigenvalue weighted by atomic mass is 15.3. The van der Waals surface area contributed by atoms with Gasteiger partial charge in [-0.2, -0.15) is 0 Å². The quantitative estimate of drug-likeness (QED) is 0.700. The van der Waals surface area contributed by atoms with Gasteiger partial charge in [-0.05, 0) is 56.5 Å². The molecule has 3 atom stereocenters. The summed E-state index contributed by atoms with van der Waals surface area (Å²) in [5, 5.41) is 0. The molecule has 0 N–H and O–H groups in total. The molecule has 144 valence electrons. The van der Waals surface area contributed by atoms with Gasteiger partial charge < -0.3 is 4.40 Å². The molecular formula is C24H28N4. The van der Waals surface area contributed by atoms with Gasteiger partial charge in [-0.25, -0.2) is 4.98 Å². The number of rotatable bonds is 3. The first-order chi connectivity index (χ1) is 13.8. The van der Waals surface area contributed by atoms with Crippen molar-refractivity contribution < 1.29 is 0 Å². The molecule has 0 amide bonds. The number of piperidine rings is 3. The first kappa shape index (κ1) is 16.8. The number of likely N-dealkylation sites (tertiary alicyclic amines) is 1. The molecule has 6 heterocycles. The van der Waals surface area contributed by atoms with Crippen molar-refractivity contribution in [3.05, 3.63) is 71.8 Å². The Hall–Kier alpha value is -2.17. The monoisotopic (exact) mass is 372 g/mol. The van der Waals surface area contributed by atoms with E-state index in [2.05, 4.69) is 75.9 Å². The number of imidazole rings is 1. The second kappa shape index (κ2) is 6.43. The molecule has 4 saturated heterocycles. The van der Waals surface area contributed by atoms with E-state index in [-0.39, 0.29) is 0 Å². The molecule has 1 aromatic carbocycles. The molecule has 0 radical (unpaired) electrons. The highest BCUT2D eigenvalue weighted by Gasteiger charge is 2.53. The summed E-state index contributed by atoms with van der Waals surface area (Å²) in [5.41, 5.74) is 4.02. The number of fused-ring (bicyclic) bond motifs is 3. The van der Waals surface area contributed by atoms with E-state index in [4.69, 9.17) is 4.98 Å². The van der Waals surface area contributed by atoms with Crippen LogP contribution in [-0.4, -0.2) is 50.9 Å². The summed E-state index contributed by atoms with van der Waals surface area (Å²) >= 11 is 0. The summed E-state index contributed by atoms with van der Waals surface area (Å²) < 4.78 is 2.23. The molecule has 0 spiro atoms. The maximum atomic E-state index is 4.96. The average molecular weight is 373 g/mol. The standard InChI is InChI=1S/C24H28N4/c1-17-25-21(22-9-5-6-12-28(17)22)16-27-15-20(18-7-3-2-4-8-18)24-23(27)19-10-13-26(24)14-11-19/h2-9,12,19-20,23-24H,10-11,13-16H2,1H3/t20-,23-,24-/m1/s1. The fraction of sp³-hybridized carbons (Fsp3) is 0.458. The Morgan fingerprint density at radius 2 is 1.75 bits per heavy atom. The predicted molar refractivity (Wildman–Crippen MR) is 111 cm³/mol. The number of benzene rings is 1. The largest absolute Gasteiger partial charge is 0.304 e. The predicted octanol–water partition coefficient (Wildman–Crippen LogP) is 3.70. The summed E-state index contributed by atoms with van der Waals surface area (Å²) in [7, 11) is 0. The first-order valence-electron chi connectivity index (χ1n) is 10.8. The van der Waals surface area contributed by atoms with Crippen molar-refractivity contribution in [3.8, 4) is 0 Å². The number of aromatic nitrogens is 2. The van der Waals surface area contributed by atoms with Gasteiger partial charge in [-0.15, -0.1) is 0 Å². The van der Waals surface area contributed by atoms with Gasteiger partial charge in [0.15, 0.2) is 0 Å². The minimum absolute atomic E-state index is 0.615. The zero-order valence-corrected chi connectivity index (χ0v) is 16.5. The third-order valence-electron chi connectivity index (χ3n) is 7.48. The van der Waals surface area contributed by atoms with Crippen LogP contribution in [0.5, 0.6) is 0 Å². The van der Waals surface area contributed by atoms with Crippen LogP contribution in [0.2, 0.25) is 0 Å². The fourth-order valence-electron chi connectivity index (χ4n) is 6.29. The number of aryl methyl sites for hydroxylation is 1. The van der Waals surface area contributed by atoms with Gasteiger partial charge in [0.1, 0.15) is 5.82 Å². The molecule has 0 unspecified atom stereocenters. The van der Waals surface area contributed by atoms with Crippen molar-refractivity contribution in [2.75, 3.05) is 19.6 Å². The molecule has 4 aliphatic rings. The Labute approximate surface area is 166 Å². The van der Waals surface area contributed by atoms with Crippen LogP contribution in [0, 0.1) is 12.8 Å². The Morgan fingerprint density at radius 1 is 0.964 bits per heavy atom. The van der Waals surface area contributed by atoms with Gasteiger partial charge in [0.25, 0.3) is 0 Å². The minimum atomic E-state index is 0.615. The lowest BCUT2D eigenvalue weighted by Crippen LogP contribution is -2.60. The molecule has 3 aromatic rings. The average Bonchev–Trinajstić information content (AvgIpc) is 3.30. The topological polar surface area (TPSA) is 23.8 Å². The second-order valence-corrected chi connectivity index (χ2v) is 8.86. The maximum absolute atomic E-state index is 4.96. The van der Waals surface area contributed by atoms with E-state index in [0.717, 1.165) is 24.8 Å². The fourth-order valence-corrected chi connectivity index (χ4v) is 6.29. The molecule has 2 bridgehead atoms. The van der Waals surface area contributed by atoms with Gasteiger partial charge in [-0.1, -0.05) is 36.4 Å². The van der Waals surface area contributed by atoms with E-state index in [9.17, 15) is 0 Å². The smallest absolute Gasteiger partial charge is 0.110 e. The second-order valence-electron chi connectivity index (χ2n) is 8.86. The molecule has 4 aliphatic heterocycles. The summed E-state index contributed by atoms with van der Waals surface area (Å²) in [5.74, 6) is 2.55. The molecule has 4 fully saturated rings. The van der Waals surface area contributed by atoms with Gasteiger partial charge in [-0.3, -0.25) is 9.80 Å². The maximum Gasteiger partial charge on any atom is 0.110 e. The van der Waals surface area contributed by atoms with Gasteiger partial charge in [0.05, 0.1) is 11.2 Å². The molecule has 28 heavy (non-hydrogen) atoms. The van der Waals surface area contributed by atoms with E-state index in [1.807, 2.05) is 0 Å². The van der Waals surface area contributed by atoms with E-state index >= 15 is 0 Å². The van der Waals surface area contributed by atoms with Crippen molar-refractivity contribution in [2.24, 2.45) is 5.92 Å². The van der Waals surface area contributed by atoms with Crippen LogP contribution in [0.3, 0.4) is 0 Å². The minimum Gasteiger partial charge on any atom is -0.304 e. The lowest BCUT2D eigenvalue weighted by molar-refractivity contribution is -0.00885. The van der Waals surface area contributed by atoms with Crippen LogP contribution in [0.25, 0.3) is 5.52 Å². The lowest BCUT2D eigenvalue weighted by Gasteiger charge is -2.51. The van der Waals surface area contributed by atoms with Crippen molar-refractivity contribution in [1.29, 1.82) is 0 Å². The molecular weight excluding hydrogens is 344 g/mol. The molecule has 4 heteroatoms. The summed E-state index contributed by atoms with van der Waals surface area (Å²) in [6.07, 6.45) is 4.86. The van der Waals surface area contributed by atoms with Crippen molar-refractivity contribution in [2.45, 2.75) is 44.3 Å². The Balaban J connectivity index is 1.38. The highest BCUT2D eigenvalue weighted by Crippen LogP contribution is 2.47. The Morgan fingerprint density at radius 3 is 2.57 bits per heavy atom. The van der Waals surface area contributed by atoms with Crippen LogP contribution in [0.15, 0.2) is 54.7 Å². The van der Waals surface area contributed by atoms with E-state index in [1.54, 1.807) is 0 Å². The molecule has 2 aromatic heterocycles. The van der Waals surface area contributed by atoms with Gasteiger partial charge in [0, 0.05) is 37.3 Å². The van der Waals surface area contributed by atoms with Gasteiger partial charge in [0.2, 0.25) is 0 Å². The van der Waals surface area contributed by atoms with Crippen LogP contribution in [-0.2, 0) is 6.54 Å². The summed E-state index contributed by atoms with van der Waals surface area (Å²) in [6, 6.07) is 19.0. The van der Waals surface area contributed by atoms with Crippen molar-refractivity contribution in [3.63, 3.8) is 0 Å². The molecule has 7 rings (SSSR count). The zero-order valence-electron chi connectivity index (χ0n) is 16.5. The third-order valence-corrected chi connectivity index (χ3v) is 7.48.